The van der Waals surface area contributed by atoms with Crippen LogP contribution in [0.5, 0.6) is 0 Å². The van der Waals surface area contributed by atoms with E-state index >= 15 is 0 Å². The Balaban J connectivity index is 2.02. The van der Waals surface area contributed by atoms with E-state index in [1.165, 1.54) is 25.7 Å². The zero-order valence-electron chi connectivity index (χ0n) is 10.5. The molecule has 4 heteroatoms. The van der Waals surface area contributed by atoms with Gasteiger partial charge in [0.05, 0.1) is 4.47 Å². The minimum absolute atomic E-state index is 0.616. The molecule has 1 aliphatic carbocycles. The molecule has 0 aromatic carbocycles. The molecule has 0 spiro atoms. The number of anilines is 1. The Morgan fingerprint density at radius 3 is 2.65 bits per heavy atom. The van der Waals surface area contributed by atoms with Gasteiger partial charge in [0.15, 0.2) is 0 Å². The van der Waals surface area contributed by atoms with Gasteiger partial charge in [0, 0.05) is 25.3 Å². The number of pyridine rings is 1. The van der Waals surface area contributed by atoms with Gasteiger partial charge in [-0.15, -0.1) is 0 Å². The zero-order valence-corrected chi connectivity index (χ0v) is 12.1. The second kappa shape index (κ2) is 5.83. The van der Waals surface area contributed by atoms with Crippen molar-refractivity contribution in [2.45, 2.75) is 37.8 Å². The van der Waals surface area contributed by atoms with Crippen LogP contribution < -0.4 is 10.2 Å². The van der Waals surface area contributed by atoms with Gasteiger partial charge in [-0.3, -0.25) is 0 Å². The lowest BCUT2D eigenvalue weighted by Crippen LogP contribution is -2.40. The van der Waals surface area contributed by atoms with Crippen molar-refractivity contribution in [3.63, 3.8) is 0 Å². The van der Waals surface area contributed by atoms with Crippen molar-refractivity contribution in [3.8, 4) is 0 Å². The Morgan fingerprint density at radius 2 is 2.06 bits per heavy atom. The highest BCUT2D eigenvalue weighted by molar-refractivity contribution is 9.10. The average molecular weight is 298 g/mol. The SMILES string of the molecule is CNC1CCC(N(C)c2ncccc2Br)CC1. The highest BCUT2D eigenvalue weighted by Crippen LogP contribution is 2.29. The second-order valence-electron chi connectivity index (χ2n) is 4.71. The van der Waals surface area contributed by atoms with Crippen LogP contribution in [-0.2, 0) is 0 Å². The van der Waals surface area contributed by atoms with Gasteiger partial charge in [0.2, 0.25) is 0 Å². The molecule has 3 nitrogen and oxygen atoms in total. The van der Waals surface area contributed by atoms with Crippen molar-refractivity contribution in [1.82, 2.24) is 10.3 Å². The maximum atomic E-state index is 4.46. The van der Waals surface area contributed by atoms with Gasteiger partial charge >= 0.3 is 0 Å². The Bertz CT molecular complexity index is 361. The molecule has 1 N–H and O–H groups in total. The molecule has 0 saturated heterocycles. The molecule has 94 valence electrons. The van der Waals surface area contributed by atoms with Crippen LogP contribution in [0.2, 0.25) is 0 Å². The number of nitrogens with one attached hydrogen (secondary N) is 1. The third-order valence-corrected chi connectivity index (χ3v) is 4.34. The molecule has 0 radical (unpaired) electrons. The molecule has 0 atom stereocenters. The van der Waals surface area contributed by atoms with E-state index in [0.29, 0.717) is 12.1 Å². The number of rotatable bonds is 3. The fourth-order valence-electron chi connectivity index (χ4n) is 2.56. The molecular formula is C13H20BrN3. The molecule has 1 aliphatic rings. The van der Waals surface area contributed by atoms with Gasteiger partial charge in [-0.25, -0.2) is 4.98 Å². The molecule has 0 amide bonds. The molecule has 17 heavy (non-hydrogen) atoms. The molecule has 1 aromatic rings. The highest BCUT2D eigenvalue weighted by Gasteiger charge is 2.24. The van der Waals surface area contributed by atoms with Gasteiger partial charge in [0.1, 0.15) is 5.82 Å². The quantitative estimate of drug-likeness (QED) is 0.930. The molecule has 1 saturated carbocycles. The first-order valence-corrected chi connectivity index (χ1v) is 7.02. The van der Waals surface area contributed by atoms with E-state index in [1.807, 2.05) is 12.3 Å². The zero-order chi connectivity index (χ0) is 12.3. The number of hydrogen-bond acceptors (Lipinski definition) is 3. The summed E-state index contributed by atoms with van der Waals surface area (Å²) in [5.41, 5.74) is 0. The van der Waals surface area contributed by atoms with Gasteiger partial charge in [0.25, 0.3) is 0 Å². The topological polar surface area (TPSA) is 28.2 Å². The van der Waals surface area contributed by atoms with E-state index in [2.05, 4.69) is 51.3 Å². The normalized spacial score (nSPS) is 24.6. The number of nitrogens with zero attached hydrogens (tertiary/aromatic N) is 2. The average Bonchev–Trinajstić information content (AvgIpc) is 2.39. The Hall–Kier alpha value is -0.610. The summed E-state index contributed by atoms with van der Waals surface area (Å²) in [6.07, 6.45) is 6.86. The highest BCUT2D eigenvalue weighted by atomic mass is 79.9. The summed E-state index contributed by atoms with van der Waals surface area (Å²) < 4.78 is 1.08. The first-order valence-electron chi connectivity index (χ1n) is 6.23. The summed E-state index contributed by atoms with van der Waals surface area (Å²) in [7, 11) is 4.21. The van der Waals surface area contributed by atoms with Crippen molar-refractivity contribution in [1.29, 1.82) is 0 Å². The lowest BCUT2D eigenvalue weighted by Gasteiger charge is -2.35. The second-order valence-corrected chi connectivity index (χ2v) is 5.57. The first-order chi connectivity index (χ1) is 8.22. The van der Waals surface area contributed by atoms with Crippen LogP contribution in [0.4, 0.5) is 5.82 Å². The first kappa shape index (κ1) is 12.8. The summed E-state index contributed by atoms with van der Waals surface area (Å²) in [6.45, 7) is 0. The Labute approximate surface area is 112 Å². The van der Waals surface area contributed by atoms with Crippen molar-refractivity contribution in [3.05, 3.63) is 22.8 Å². The minimum atomic E-state index is 0.616. The minimum Gasteiger partial charge on any atom is -0.356 e. The molecule has 1 aromatic heterocycles. The van der Waals surface area contributed by atoms with Gasteiger partial charge in [-0.2, -0.15) is 0 Å². The van der Waals surface area contributed by atoms with Crippen molar-refractivity contribution in [2.75, 3.05) is 19.0 Å². The molecular weight excluding hydrogens is 278 g/mol. The molecule has 0 unspecified atom stereocenters. The number of hydrogen-bond donors (Lipinski definition) is 1. The van der Waals surface area contributed by atoms with Crippen LogP contribution in [0.25, 0.3) is 0 Å². The van der Waals surface area contributed by atoms with Crippen molar-refractivity contribution < 1.29 is 0 Å². The van der Waals surface area contributed by atoms with Crippen molar-refractivity contribution in [2.24, 2.45) is 0 Å². The van der Waals surface area contributed by atoms with E-state index in [-0.39, 0.29) is 0 Å². The molecule has 2 rings (SSSR count). The Morgan fingerprint density at radius 1 is 1.35 bits per heavy atom. The van der Waals surface area contributed by atoms with Crippen LogP contribution in [0.3, 0.4) is 0 Å². The van der Waals surface area contributed by atoms with Crippen molar-refractivity contribution >= 4 is 21.7 Å². The Kier molecular flexibility index (Phi) is 4.40. The van der Waals surface area contributed by atoms with Crippen LogP contribution in [0, 0.1) is 0 Å². The lowest BCUT2D eigenvalue weighted by atomic mass is 9.90. The molecule has 0 aliphatic heterocycles. The maximum absolute atomic E-state index is 4.46. The molecule has 1 heterocycles. The van der Waals surface area contributed by atoms with E-state index in [9.17, 15) is 0 Å². The van der Waals surface area contributed by atoms with E-state index in [4.69, 9.17) is 0 Å². The standard InChI is InChI=1S/C13H20BrN3/c1-15-10-5-7-11(8-6-10)17(2)13-12(14)4-3-9-16-13/h3-4,9-11,15H,5-8H2,1-2H3. The lowest BCUT2D eigenvalue weighted by molar-refractivity contribution is 0.350. The summed E-state index contributed by atoms with van der Waals surface area (Å²) in [5, 5.41) is 3.37. The van der Waals surface area contributed by atoms with Crippen LogP contribution in [0.1, 0.15) is 25.7 Å². The monoisotopic (exact) mass is 297 g/mol. The van der Waals surface area contributed by atoms with Crippen LogP contribution in [-0.4, -0.2) is 31.2 Å². The third-order valence-electron chi connectivity index (χ3n) is 3.73. The van der Waals surface area contributed by atoms with E-state index < -0.39 is 0 Å². The van der Waals surface area contributed by atoms with Crippen LogP contribution in [0.15, 0.2) is 22.8 Å². The smallest absolute Gasteiger partial charge is 0.142 e. The summed E-state index contributed by atoms with van der Waals surface area (Å²) in [4.78, 5) is 6.77. The predicted octanol–water partition coefficient (Wildman–Crippen LogP) is 2.81. The van der Waals surface area contributed by atoms with Gasteiger partial charge < -0.3 is 10.2 Å². The molecule has 1 fully saturated rings. The largest absolute Gasteiger partial charge is 0.356 e. The van der Waals surface area contributed by atoms with Crippen LogP contribution >= 0.6 is 15.9 Å². The third kappa shape index (κ3) is 2.99. The fraction of sp³-hybridized carbons (Fsp3) is 0.615. The van der Waals surface area contributed by atoms with Gasteiger partial charge in [-0.05, 0) is 60.8 Å². The number of aromatic nitrogens is 1. The van der Waals surface area contributed by atoms with E-state index in [0.717, 1.165) is 10.3 Å². The predicted molar refractivity (Wildman–Crippen MR) is 75.4 cm³/mol. The van der Waals surface area contributed by atoms with E-state index in [1.54, 1.807) is 0 Å². The maximum Gasteiger partial charge on any atom is 0.142 e. The van der Waals surface area contributed by atoms with Gasteiger partial charge in [-0.1, -0.05) is 0 Å². The summed E-state index contributed by atoms with van der Waals surface area (Å²) >= 11 is 3.57. The fourth-order valence-corrected chi connectivity index (χ4v) is 3.10. The molecule has 0 bridgehead atoms. The number of halogens is 1. The summed E-state index contributed by atoms with van der Waals surface area (Å²) in [6, 6.07) is 5.33. The summed E-state index contributed by atoms with van der Waals surface area (Å²) in [5.74, 6) is 1.06.